The molecule has 1 saturated carbocycles. The van der Waals surface area contributed by atoms with Gasteiger partial charge in [0, 0.05) is 37.5 Å². The van der Waals surface area contributed by atoms with Gasteiger partial charge in [-0.1, -0.05) is 0 Å². The molecule has 1 amide bonds. The van der Waals surface area contributed by atoms with Crippen LogP contribution in [0.3, 0.4) is 0 Å². The van der Waals surface area contributed by atoms with Crippen molar-refractivity contribution in [1.82, 2.24) is 24.6 Å². The molecule has 1 atom stereocenters. The summed E-state index contributed by atoms with van der Waals surface area (Å²) in [6, 6.07) is 2.67. The van der Waals surface area contributed by atoms with E-state index < -0.39 is 6.04 Å². The van der Waals surface area contributed by atoms with Gasteiger partial charge in [0.2, 0.25) is 5.91 Å². The Morgan fingerprint density at radius 3 is 2.96 bits per heavy atom. The second-order valence-corrected chi connectivity index (χ2v) is 5.94. The molecule has 1 unspecified atom stereocenters. The topological polar surface area (TPSA) is 81.8 Å². The summed E-state index contributed by atoms with van der Waals surface area (Å²) in [6.07, 6.45) is 8.39. The summed E-state index contributed by atoms with van der Waals surface area (Å²) in [5.41, 5.74) is 0.667. The molecule has 1 N–H and O–H groups in total. The first-order valence-electron chi connectivity index (χ1n) is 7.98. The van der Waals surface area contributed by atoms with Crippen molar-refractivity contribution in [2.75, 3.05) is 6.54 Å². The molecule has 7 heteroatoms. The summed E-state index contributed by atoms with van der Waals surface area (Å²) in [5, 5.41) is 7.22. The van der Waals surface area contributed by atoms with Crippen molar-refractivity contribution < 1.29 is 4.79 Å². The zero-order chi connectivity index (χ0) is 16.2. The van der Waals surface area contributed by atoms with E-state index in [-0.39, 0.29) is 11.5 Å². The highest BCUT2D eigenvalue weighted by atomic mass is 16.2. The SMILES string of the molecule is CC(C(=O)NCCCn1ccnc1)n1nc(C2CC2)ccc1=O. The minimum Gasteiger partial charge on any atom is -0.354 e. The van der Waals surface area contributed by atoms with Crippen molar-refractivity contribution in [3.05, 3.63) is 46.9 Å². The van der Waals surface area contributed by atoms with Crippen LogP contribution in [0, 0.1) is 0 Å². The number of carbonyl (C=O) groups excluding carboxylic acids is 1. The van der Waals surface area contributed by atoms with Gasteiger partial charge in [-0.25, -0.2) is 9.67 Å². The third kappa shape index (κ3) is 3.85. The molecule has 2 aromatic heterocycles. The number of aryl methyl sites for hydroxylation is 1. The van der Waals surface area contributed by atoms with Crippen LogP contribution in [0.4, 0.5) is 0 Å². The number of carbonyl (C=O) groups is 1. The molecule has 2 heterocycles. The third-order valence-electron chi connectivity index (χ3n) is 4.04. The Morgan fingerprint density at radius 2 is 2.26 bits per heavy atom. The molecule has 2 aromatic rings. The van der Waals surface area contributed by atoms with Crippen LogP contribution in [0.25, 0.3) is 0 Å². The Labute approximate surface area is 134 Å². The van der Waals surface area contributed by atoms with E-state index >= 15 is 0 Å². The highest BCUT2D eigenvalue weighted by Gasteiger charge is 2.26. The van der Waals surface area contributed by atoms with Gasteiger partial charge in [-0.15, -0.1) is 0 Å². The maximum atomic E-state index is 12.2. The van der Waals surface area contributed by atoms with Crippen LogP contribution in [0.15, 0.2) is 35.6 Å². The smallest absolute Gasteiger partial charge is 0.267 e. The number of imidazole rings is 1. The number of rotatable bonds is 7. The van der Waals surface area contributed by atoms with E-state index in [1.54, 1.807) is 25.5 Å². The monoisotopic (exact) mass is 315 g/mol. The van der Waals surface area contributed by atoms with Gasteiger partial charge in [0.1, 0.15) is 6.04 Å². The van der Waals surface area contributed by atoms with Crippen LogP contribution in [-0.2, 0) is 11.3 Å². The van der Waals surface area contributed by atoms with Crippen molar-refractivity contribution in [2.45, 2.75) is 44.7 Å². The number of hydrogen-bond donors (Lipinski definition) is 1. The Kier molecular flexibility index (Phi) is 4.55. The summed E-state index contributed by atoms with van der Waals surface area (Å²) >= 11 is 0. The first-order chi connectivity index (χ1) is 11.1. The summed E-state index contributed by atoms with van der Waals surface area (Å²) < 4.78 is 3.25. The molecule has 3 rings (SSSR count). The van der Waals surface area contributed by atoms with Crippen molar-refractivity contribution in [3.8, 4) is 0 Å². The molecule has 7 nitrogen and oxygen atoms in total. The van der Waals surface area contributed by atoms with Crippen LogP contribution in [-0.4, -0.2) is 31.8 Å². The van der Waals surface area contributed by atoms with Crippen LogP contribution in [0.2, 0.25) is 0 Å². The van der Waals surface area contributed by atoms with Crippen molar-refractivity contribution in [3.63, 3.8) is 0 Å². The van der Waals surface area contributed by atoms with Crippen LogP contribution < -0.4 is 10.9 Å². The molecule has 0 aliphatic heterocycles. The molecule has 0 spiro atoms. The van der Waals surface area contributed by atoms with Crippen molar-refractivity contribution in [2.24, 2.45) is 0 Å². The van der Waals surface area contributed by atoms with E-state index in [1.807, 2.05) is 10.8 Å². The highest BCUT2D eigenvalue weighted by molar-refractivity contribution is 5.79. The molecular formula is C16H21N5O2. The predicted molar refractivity (Wildman–Crippen MR) is 85.0 cm³/mol. The lowest BCUT2D eigenvalue weighted by atomic mass is 10.2. The standard InChI is InChI=1S/C16H21N5O2/c1-12(16(23)18-7-2-9-20-10-8-17-11-20)21-15(22)6-5-14(19-21)13-3-4-13/h5-6,8,10-13H,2-4,7,9H2,1H3,(H,18,23). The molecule has 1 aliphatic carbocycles. The maximum Gasteiger partial charge on any atom is 0.267 e. The van der Waals surface area contributed by atoms with Crippen molar-refractivity contribution >= 4 is 5.91 Å². The van der Waals surface area contributed by atoms with E-state index in [0.29, 0.717) is 12.5 Å². The second kappa shape index (κ2) is 6.76. The van der Waals surface area contributed by atoms with Gasteiger partial charge in [0.05, 0.1) is 12.0 Å². The molecule has 1 fully saturated rings. The summed E-state index contributed by atoms with van der Waals surface area (Å²) in [5.74, 6) is 0.269. The summed E-state index contributed by atoms with van der Waals surface area (Å²) in [6.45, 7) is 3.05. The van der Waals surface area contributed by atoms with Gasteiger partial charge in [-0.2, -0.15) is 5.10 Å². The fraction of sp³-hybridized carbons (Fsp3) is 0.500. The Morgan fingerprint density at radius 1 is 1.43 bits per heavy atom. The van der Waals surface area contributed by atoms with Gasteiger partial charge in [-0.3, -0.25) is 9.59 Å². The Hall–Kier alpha value is -2.44. The predicted octanol–water partition coefficient (Wildman–Crippen LogP) is 1.08. The average molecular weight is 315 g/mol. The van der Waals surface area contributed by atoms with E-state index in [4.69, 9.17) is 0 Å². The zero-order valence-corrected chi connectivity index (χ0v) is 13.2. The number of nitrogens with one attached hydrogen (secondary N) is 1. The Balaban J connectivity index is 1.54. The number of amides is 1. The minimum atomic E-state index is -0.602. The van der Waals surface area contributed by atoms with E-state index in [2.05, 4.69) is 15.4 Å². The fourth-order valence-electron chi connectivity index (χ4n) is 2.47. The number of nitrogens with zero attached hydrogens (tertiary/aromatic N) is 4. The second-order valence-electron chi connectivity index (χ2n) is 5.94. The van der Waals surface area contributed by atoms with Gasteiger partial charge in [-0.05, 0) is 32.3 Å². The van der Waals surface area contributed by atoms with Gasteiger partial charge in [0.25, 0.3) is 5.56 Å². The van der Waals surface area contributed by atoms with Gasteiger partial charge in [0.15, 0.2) is 0 Å². The highest BCUT2D eigenvalue weighted by Crippen LogP contribution is 2.38. The lowest BCUT2D eigenvalue weighted by molar-refractivity contribution is -0.124. The Bertz CT molecular complexity index is 718. The minimum absolute atomic E-state index is 0.182. The maximum absolute atomic E-state index is 12.2. The van der Waals surface area contributed by atoms with Gasteiger partial charge >= 0.3 is 0 Å². The lowest BCUT2D eigenvalue weighted by Crippen LogP contribution is -2.37. The number of aromatic nitrogens is 4. The van der Waals surface area contributed by atoms with E-state index in [9.17, 15) is 9.59 Å². The quantitative estimate of drug-likeness (QED) is 0.775. The summed E-state index contributed by atoms with van der Waals surface area (Å²) in [4.78, 5) is 28.2. The van der Waals surface area contributed by atoms with Crippen molar-refractivity contribution in [1.29, 1.82) is 0 Å². The molecule has 1 aliphatic rings. The number of hydrogen-bond acceptors (Lipinski definition) is 4. The molecule has 122 valence electrons. The molecular weight excluding hydrogens is 294 g/mol. The molecule has 23 heavy (non-hydrogen) atoms. The van der Waals surface area contributed by atoms with Crippen LogP contribution in [0.5, 0.6) is 0 Å². The first kappa shape index (κ1) is 15.5. The lowest BCUT2D eigenvalue weighted by Gasteiger charge is -2.15. The average Bonchev–Trinajstić information content (AvgIpc) is 3.27. The first-order valence-corrected chi connectivity index (χ1v) is 7.98. The third-order valence-corrected chi connectivity index (χ3v) is 4.04. The molecule has 0 aromatic carbocycles. The van der Waals surface area contributed by atoms with Crippen LogP contribution in [0.1, 0.15) is 43.8 Å². The summed E-state index contributed by atoms with van der Waals surface area (Å²) in [7, 11) is 0. The van der Waals surface area contributed by atoms with E-state index in [1.165, 1.54) is 10.7 Å². The van der Waals surface area contributed by atoms with Crippen LogP contribution >= 0.6 is 0 Å². The van der Waals surface area contributed by atoms with E-state index in [0.717, 1.165) is 31.5 Å². The normalized spacial score (nSPS) is 15.3. The zero-order valence-electron chi connectivity index (χ0n) is 13.2. The van der Waals surface area contributed by atoms with Gasteiger partial charge < -0.3 is 9.88 Å². The largest absolute Gasteiger partial charge is 0.354 e. The molecule has 0 saturated heterocycles. The molecule has 0 radical (unpaired) electrons. The fourth-order valence-corrected chi connectivity index (χ4v) is 2.47. The molecule has 0 bridgehead atoms.